The average Bonchev–Trinajstić information content (AvgIpc) is 2.47. The Morgan fingerprint density at radius 3 is 2.52 bits per heavy atom. The molecule has 21 heavy (non-hydrogen) atoms. The van der Waals surface area contributed by atoms with Crippen LogP contribution in [0, 0.1) is 0 Å². The topological polar surface area (TPSA) is 123 Å². The molecule has 0 radical (unpaired) electrons. The first kappa shape index (κ1) is 14.4. The van der Waals surface area contributed by atoms with Crippen molar-refractivity contribution in [2.24, 2.45) is 14.1 Å². The van der Waals surface area contributed by atoms with Crippen molar-refractivity contribution in [3.05, 3.63) is 38.7 Å². The Bertz CT molecular complexity index is 864. The Labute approximate surface area is 117 Å². The third-order valence-corrected chi connectivity index (χ3v) is 2.93. The predicted octanol–water partition coefficient (Wildman–Crippen LogP) is -1.55. The number of carboxylic acids is 1. The summed E-state index contributed by atoms with van der Waals surface area (Å²) in [5.41, 5.74) is -1.10. The van der Waals surface area contributed by atoms with Crippen LogP contribution in [-0.2, 0) is 18.9 Å². The summed E-state index contributed by atoms with van der Waals surface area (Å²) in [5.74, 6) is -1.89. The van der Waals surface area contributed by atoms with E-state index in [-0.39, 0.29) is 16.7 Å². The molecule has 0 aromatic carbocycles. The molecule has 9 heteroatoms. The van der Waals surface area contributed by atoms with Crippen LogP contribution in [0.25, 0.3) is 11.0 Å². The van der Waals surface area contributed by atoms with E-state index in [0.717, 1.165) is 9.13 Å². The molecule has 0 atom stereocenters. The summed E-state index contributed by atoms with van der Waals surface area (Å²) in [6, 6.07) is 2.67. The van der Waals surface area contributed by atoms with Crippen molar-refractivity contribution in [3.63, 3.8) is 0 Å². The summed E-state index contributed by atoms with van der Waals surface area (Å²) in [5, 5.41) is 10.8. The first-order valence-corrected chi connectivity index (χ1v) is 5.89. The van der Waals surface area contributed by atoms with Crippen LogP contribution in [0.3, 0.4) is 0 Å². The maximum Gasteiger partial charge on any atom is 0.332 e. The number of aromatic nitrogens is 3. The van der Waals surface area contributed by atoms with Crippen molar-refractivity contribution in [2.75, 3.05) is 6.54 Å². The van der Waals surface area contributed by atoms with Gasteiger partial charge in [-0.3, -0.25) is 23.5 Å². The number of carbonyl (C=O) groups excluding carboxylic acids is 1. The summed E-state index contributed by atoms with van der Waals surface area (Å²) < 4.78 is 2.08. The Morgan fingerprint density at radius 2 is 1.90 bits per heavy atom. The summed E-state index contributed by atoms with van der Waals surface area (Å²) in [6.45, 7) is -0.548. The second kappa shape index (κ2) is 5.19. The molecule has 0 spiro atoms. The van der Waals surface area contributed by atoms with E-state index < -0.39 is 29.7 Å². The largest absolute Gasteiger partial charge is 0.480 e. The number of fused-ring (bicyclic) bond motifs is 1. The number of nitrogens with zero attached hydrogens (tertiary/aromatic N) is 3. The molecule has 9 nitrogen and oxygen atoms in total. The van der Waals surface area contributed by atoms with E-state index >= 15 is 0 Å². The third-order valence-electron chi connectivity index (χ3n) is 2.93. The predicted molar refractivity (Wildman–Crippen MR) is 72.2 cm³/mol. The standard InChI is InChI=1S/C12H12N4O5/c1-15-9-6(11(20)16(2)12(15)21)3-4-7(14-9)10(19)13-5-8(17)18/h3-4H,5H2,1-2H3,(H,13,19)(H,17,18). The second-order valence-electron chi connectivity index (χ2n) is 4.35. The molecule has 0 unspecified atom stereocenters. The molecule has 110 valence electrons. The summed E-state index contributed by atoms with van der Waals surface area (Å²) in [7, 11) is 2.77. The van der Waals surface area contributed by atoms with Crippen molar-refractivity contribution < 1.29 is 14.7 Å². The van der Waals surface area contributed by atoms with Crippen molar-refractivity contribution in [1.29, 1.82) is 0 Å². The molecule has 0 saturated heterocycles. The van der Waals surface area contributed by atoms with Gasteiger partial charge in [0, 0.05) is 14.1 Å². The van der Waals surface area contributed by atoms with Gasteiger partial charge in [-0.25, -0.2) is 9.78 Å². The molecule has 2 aromatic rings. The fourth-order valence-electron chi connectivity index (χ4n) is 1.83. The smallest absolute Gasteiger partial charge is 0.332 e. The number of carbonyl (C=O) groups is 2. The van der Waals surface area contributed by atoms with E-state index in [4.69, 9.17) is 5.11 Å². The molecule has 0 fully saturated rings. The zero-order valence-electron chi connectivity index (χ0n) is 11.3. The molecule has 0 aliphatic rings. The fourth-order valence-corrected chi connectivity index (χ4v) is 1.83. The van der Waals surface area contributed by atoms with E-state index in [1.807, 2.05) is 0 Å². The average molecular weight is 292 g/mol. The van der Waals surface area contributed by atoms with Gasteiger partial charge < -0.3 is 10.4 Å². The summed E-state index contributed by atoms with van der Waals surface area (Å²) in [6.07, 6.45) is 0. The minimum atomic E-state index is -1.19. The number of carboxylic acid groups (broad SMARTS) is 1. The van der Waals surface area contributed by atoms with Gasteiger partial charge in [-0.1, -0.05) is 0 Å². The Hall–Kier alpha value is -2.97. The first-order chi connectivity index (χ1) is 9.82. The summed E-state index contributed by atoms with van der Waals surface area (Å²) >= 11 is 0. The molecule has 0 aliphatic heterocycles. The van der Waals surface area contributed by atoms with Gasteiger partial charge in [0.1, 0.15) is 17.9 Å². The molecule has 2 N–H and O–H groups in total. The number of nitrogens with one attached hydrogen (secondary N) is 1. The lowest BCUT2D eigenvalue weighted by Crippen LogP contribution is -2.37. The highest BCUT2D eigenvalue weighted by molar-refractivity contribution is 5.95. The second-order valence-corrected chi connectivity index (χ2v) is 4.35. The van der Waals surface area contributed by atoms with E-state index in [0.29, 0.717) is 0 Å². The molecule has 0 aliphatic carbocycles. The lowest BCUT2D eigenvalue weighted by atomic mass is 10.2. The van der Waals surface area contributed by atoms with Gasteiger partial charge in [-0.15, -0.1) is 0 Å². The van der Waals surface area contributed by atoms with Crippen LogP contribution in [0.1, 0.15) is 10.5 Å². The number of hydrogen-bond donors (Lipinski definition) is 2. The number of hydrogen-bond acceptors (Lipinski definition) is 5. The van der Waals surface area contributed by atoms with Crippen molar-refractivity contribution in [2.45, 2.75) is 0 Å². The van der Waals surface area contributed by atoms with Crippen molar-refractivity contribution in [3.8, 4) is 0 Å². The number of rotatable bonds is 3. The number of amides is 1. The quantitative estimate of drug-likeness (QED) is 0.705. The van der Waals surface area contributed by atoms with Gasteiger partial charge in [0.25, 0.3) is 11.5 Å². The Balaban J connectivity index is 2.57. The highest BCUT2D eigenvalue weighted by Crippen LogP contribution is 2.06. The normalized spacial score (nSPS) is 10.6. The molecule has 2 aromatic heterocycles. The van der Waals surface area contributed by atoms with Gasteiger partial charge in [0.15, 0.2) is 0 Å². The van der Waals surface area contributed by atoms with E-state index in [9.17, 15) is 19.2 Å². The van der Waals surface area contributed by atoms with Crippen molar-refractivity contribution in [1.82, 2.24) is 19.4 Å². The lowest BCUT2D eigenvalue weighted by molar-refractivity contribution is -0.135. The summed E-state index contributed by atoms with van der Waals surface area (Å²) in [4.78, 5) is 49.8. The SMILES string of the molecule is Cn1c(=O)c2ccc(C(=O)NCC(=O)O)nc2n(C)c1=O. The highest BCUT2D eigenvalue weighted by atomic mass is 16.4. The van der Waals surface area contributed by atoms with Crippen LogP contribution in [0.2, 0.25) is 0 Å². The molecule has 0 bridgehead atoms. The van der Waals surface area contributed by atoms with Crippen molar-refractivity contribution >= 4 is 22.9 Å². The van der Waals surface area contributed by atoms with Crippen LogP contribution >= 0.6 is 0 Å². The zero-order valence-corrected chi connectivity index (χ0v) is 11.3. The Kier molecular flexibility index (Phi) is 3.57. The van der Waals surface area contributed by atoms with E-state index in [1.54, 1.807) is 0 Å². The van der Waals surface area contributed by atoms with Gasteiger partial charge >= 0.3 is 11.7 Å². The third kappa shape index (κ3) is 2.53. The molecule has 1 amide bonds. The van der Waals surface area contributed by atoms with Gasteiger partial charge in [0.05, 0.1) is 5.39 Å². The Morgan fingerprint density at radius 1 is 1.24 bits per heavy atom. The van der Waals surface area contributed by atoms with Gasteiger partial charge in [0.2, 0.25) is 0 Å². The number of pyridine rings is 1. The minimum absolute atomic E-state index is 0.0612. The molecule has 0 saturated carbocycles. The molecular formula is C12H12N4O5. The highest BCUT2D eigenvalue weighted by Gasteiger charge is 2.14. The molecule has 2 heterocycles. The van der Waals surface area contributed by atoms with Crippen LogP contribution < -0.4 is 16.6 Å². The van der Waals surface area contributed by atoms with Gasteiger partial charge in [-0.05, 0) is 12.1 Å². The van der Waals surface area contributed by atoms with Crippen LogP contribution in [-0.4, -0.2) is 37.6 Å². The molecule has 2 rings (SSSR count). The van der Waals surface area contributed by atoms with Crippen LogP contribution in [0.4, 0.5) is 0 Å². The maximum absolute atomic E-state index is 11.9. The van der Waals surface area contributed by atoms with Gasteiger partial charge in [-0.2, -0.15) is 0 Å². The maximum atomic E-state index is 11.9. The lowest BCUT2D eigenvalue weighted by Gasteiger charge is -2.08. The monoisotopic (exact) mass is 292 g/mol. The minimum Gasteiger partial charge on any atom is -0.480 e. The van der Waals surface area contributed by atoms with E-state index in [1.165, 1.54) is 26.2 Å². The number of aryl methyl sites for hydroxylation is 1. The number of aliphatic carboxylic acids is 1. The zero-order chi connectivity index (χ0) is 15.7. The van der Waals surface area contributed by atoms with Crippen LogP contribution in [0.5, 0.6) is 0 Å². The fraction of sp³-hybridized carbons (Fsp3) is 0.250. The van der Waals surface area contributed by atoms with E-state index in [2.05, 4.69) is 10.3 Å². The molecular weight excluding hydrogens is 280 g/mol. The van der Waals surface area contributed by atoms with Crippen LogP contribution in [0.15, 0.2) is 21.7 Å². The first-order valence-electron chi connectivity index (χ1n) is 5.89.